The molecular weight excluding hydrogens is 364 g/mol. The van der Waals surface area contributed by atoms with Crippen molar-refractivity contribution in [1.82, 2.24) is 4.90 Å². The highest BCUT2D eigenvalue weighted by Crippen LogP contribution is 2.31. The van der Waals surface area contributed by atoms with E-state index in [0.29, 0.717) is 23.6 Å². The van der Waals surface area contributed by atoms with E-state index in [4.69, 9.17) is 14.2 Å². The number of nitro benzene ring substituents is 1. The highest BCUT2D eigenvalue weighted by Gasteiger charge is 2.17. The highest BCUT2D eigenvalue weighted by atomic mass is 16.6. The zero-order valence-corrected chi connectivity index (χ0v) is 16.2. The monoisotopic (exact) mass is 386 g/mol. The Morgan fingerprint density at radius 2 is 1.82 bits per heavy atom. The smallest absolute Gasteiger partial charge is 0.311 e. The van der Waals surface area contributed by atoms with E-state index in [1.807, 2.05) is 6.07 Å². The molecule has 148 valence electrons. The van der Waals surface area contributed by atoms with Crippen LogP contribution in [0.1, 0.15) is 11.1 Å². The maximum atomic E-state index is 12.4. The molecule has 2 aromatic rings. The Kier molecular flexibility index (Phi) is 6.97. The molecule has 0 atom stereocenters. The largest absolute Gasteiger partial charge is 0.493 e. The van der Waals surface area contributed by atoms with Crippen LogP contribution in [0.2, 0.25) is 0 Å². The molecule has 0 unspecified atom stereocenters. The molecular formula is C20H22N2O6. The van der Waals surface area contributed by atoms with E-state index in [9.17, 15) is 14.9 Å². The van der Waals surface area contributed by atoms with Crippen LogP contribution in [0.15, 0.2) is 42.5 Å². The Morgan fingerprint density at radius 1 is 1.11 bits per heavy atom. The van der Waals surface area contributed by atoms with Gasteiger partial charge in [0.25, 0.3) is 0 Å². The van der Waals surface area contributed by atoms with Crippen molar-refractivity contribution in [3.05, 3.63) is 63.7 Å². The van der Waals surface area contributed by atoms with Gasteiger partial charge in [0, 0.05) is 31.3 Å². The lowest BCUT2D eigenvalue weighted by atomic mass is 10.1. The van der Waals surface area contributed by atoms with Crippen molar-refractivity contribution in [3.8, 4) is 17.2 Å². The van der Waals surface area contributed by atoms with E-state index in [1.165, 1.54) is 36.3 Å². The number of para-hydroxylation sites is 1. The van der Waals surface area contributed by atoms with Gasteiger partial charge in [0.05, 0.1) is 26.3 Å². The normalized spacial score (nSPS) is 10.6. The van der Waals surface area contributed by atoms with Crippen LogP contribution in [0.3, 0.4) is 0 Å². The van der Waals surface area contributed by atoms with Crippen LogP contribution in [0.4, 0.5) is 5.69 Å². The van der Waals surface area contributed by atoms with Crippen molar-refractivity contribution in [2.24, 2.45) is 0 Å². The maximum absolute atomic E-state index is 12.4. The third-order valence-electron chi connectivity index (χ3n) is 4.07. The molecule has 0 radical (unpaired) electrons. The van der Waals surface area contributed by atoms with Crippen molar-refractivity contribution in [2.45, 2.75) is 6.54 Å². The number of benzene rings is 2. The lowest BCUT2D eigenvalue weighted by molar-refractivity contribution is -0.385. The predicted octanol–water partition coefficient (Wildman–Crippen LogP) is 3.29. The van der Waals surface area contributed by atoms with Crippen LogP contribution in [0.25, 0.3) is 6.08 Å². The molecule has 0 fully saturated rings. The first-order valence-electron chi connectivity index (χ1n) is 8.36. The molecule has 0 saturated carbocycles. The molecule has 0 spiro atoms. The lowest BCUT2D eigenvalue weighted by Gasteiger charge is -2.16. The van der Waals surface area contributed by atoms with E-state index in [1.54, 1.807) is 39.5 Å². The SMILES string of the molecule is COc1ccc(CN(C)C(=O)C=Cc2cccc([N+](=O)[O-])c2OC)cc1OC. The minimum Gasteiger partial charge on any atom is -0.493 e. The first-order chi connectivity index (χ1) is 13.4. The summed E-state index contributed by atoms with van der Waals surface area (Å²) in [5.74, 6) is 1.04. The van der Waals surface area contributed by atoms with Gasteiger partial charge in [0.1, 0.15) is 0 Å². The molecule has 8 heteroatoms. The minimum atomic E-state index is -0.527. The second kappa shape index (κ2) is 9.40. The van der Waals surface area contributed by atoms with E-state index < -0.39 is 4.92 Å². The van der Waals surface area contributed by atoms with Crippen LogP contribution in [-0.4, -0.2) is 44.1 Å². The van der Waals surface area contributed by atoms with Gasteiger partial charge in [0.15, 0.2) is 11.5 Å². The fourth-order valence-electron chi connectivity index (χ4n) is 2.66. The molecule has 1 amide bonds. The van der Waals surface area contributed by atoms with E-state index in [0.717, 1.165) is 5.56 Å². The predicted molar refractivity (Wildman–Crippen MR) is 105 cm³/mol. The Labute approximate surface area is 163 Å². The van der Waals surface area contributed by atoms with Crippen molar-refractivity contribution < 1.29 is 23.9 Å². The van der Waals surface area contributed by atoms with Gasteiger partial charge in [-0.2, -0.15) is 0 Å². The summed E-state index contributed by atoms with van der Waals surface area (Å²) in [6, 6.07) is 9.95. The molecule has 0 aromatic heterocycles. The summed E-state index contributed by atoms with van der Waals surface area (Å²) in [5, 5.41) is 11.1. The molecule has 0 aliphatic rings. The second-order valence-corrected chi connectivity index (χ2v) is 5.87. The molecule has 0 N–H and O–H groups in total. The molecule has 0 bridgehead atoms. The van der Waals surface area contributed by atoms with Crippen molar-refractivity contribution in [2.75, 3.05) is 28.4 Å². The number of carbonyl (C=O) groups excluding carboxylic acids is 1. The van der Waals surface area contributed by atoms with E-state index >= 15 is 0 Å². The van der Waals surface area contributed by atoms with Gasteiger partial charge in [-0.25, -0.2) is 0 Å². The topological polar surface area (TPSA) is 91.1 Å². The molecule has 0 saturated heterocycles. The number of hydrogen-bond donors (Lipinski definition) is 0. The van der Waals surface area contributed by atoms with Crippen LogP contribution in [0.5, 0.6) is 17.2 Å². The summed E-state index contributed by atoms with van der Waals surface area (Å²) < 4.78 is 15.6. The maximum Gasteiger partial charge on any atom is 0.311 e. The third-order valence-corrected chi connectivity index (χ3v) is 4.07. The third kappa shape index (κ3) is 4.79. The van der Waals surface area contributed by atoms with Gasteiger partial charge in [0.2, 0.25) is 11.7 Å². The Balaban J connectivity index is 2.15. The van der Waals surface area contributed by atoms with Gasteiger partial charge in [-0.1, -0.05) is 18.2 Å². The van der Waals surface area contributed by atoms with E-state index in [-0.39, 0.29) is 17.3 Å². The van der Waals surface area contributed by atoms with Crippen molar-refractivity contribution >= 4 is 17.7 Å². The first-order valence-corrected chi connectivity index (χ1v) is 8.36. The van der Waals surface area contributed by atoms with Crippen molar-refractivity contribution in [3.63, 3.8) is 0 Å². The van der Waals surface area contributed by atoms with Crippen LogP contribution >= 0.6 is 0 Å². The first kappa shape index (κ1) is 20.8. The fourth-order valence-corrected chi connectivity index (χ4v) is 2.66. The number of methoxy groups -OCH3 is 3. The minimum absolute atomic E-state index is 0.110. The molecule has 0 aliphatic carbocycles. The number of nitro groups is 1. The van der Waals surface area contributed by atoms with Gasteiger partial charge < -0.3 is 19.1 Å². The summed E-state index contributed by atoms with van der Waals surface area (Å²) >= 11 is 0. The summed E-state index contributed by atoms with van der Waals surface area (Å²) in [6.07, 6.45) is 2.85. The molecule has 0 aliphatic heterocycles. The average Bonchev–Trinajstić information content (AvgIpc) is 2.71. The van der Waals surface area contributed by atoms with Crippen LogP contribution in [0, 0.1) is 10.1 Å². The zero-order chi connectivity index (χ0) is 20.7. The molecule has 0 heterocycles. The van der Waals surface area contributed by atoms with Gasteiger partial charge in [-0.05, 0) is 23.8 Å². The highest BCUT2D eigenvalue weighted by molar-refractivity contribution is 5.92. The fraction of sp³-hybridized carbons (Fsp3) is 0.250. The zero-order valence-electron chi connectivity index (χ0n) is 16.2. The number of nitrogens with zero attached hydrogens (tertiary/aromatic N) is 2. The molecule has 2 rings (SSSR count). The summed E-state index contributed by atoms with van der Waals surface area (Å²) in [7, 11) is 6.12. The van der Waals surface area contributed by atoms with Crippen LogP contribution < -0.4 is 14.2 Å². The van der Waals surface area contributed by atoms with Gasteiger partial charge in [-0.15, -0.1) is 0 Å². The summed E-state index contributed by atoms with van der Waals surface area (Å²) in [4.78, 5) is 24.5. The quantitative estimate of drug-likeness (QED) is 0.393. The van der Waals surface area contributed by atoms with Gasteiger partial charge in [-0.3, -0.25) is 14.9 Å². The number of amides is 1. The lowest BCUT2D eigenvalue weighted by Crippen LogP contribution is -2.24. The summed E-state index contributed by atoms with van der Waals surface area (Å²) in [6.45, 7) is 0.357. The number of likely N-dealkylation sites (N-methyl/N-ethyl adjacent to an activating group) is 1. The number of hydrogen-bond acceptors (Lipinski definition) is 6. The Hall–Kier alpha value is -3.55. The second-order valence-electron chi connectivity index (χ2n) is 5.87. The van der Waals surface area contributed by atoms with Gasteiger partial charge >= 0.3 is 5.69 Å². The number of carbonyl (C=O) groups is 1. The van der Waals surface area contributed by atoms with E-state index in [2.05, 4.69) is 0 Å². The molecule has 28 heavy (non-hydrogen) atoms. The summed E-state index contributed by atoms with van der Waals surface area (Å²) in [5.41, 5.74) is 1.16. The van der Waals surface area contributed by atoms with Crippen LogP contribution in [-0.2, 0) is 11.3 Å². The Bertz CT molecular complexity index is 894. The average molecular weight is 386 g/mol. The standard InChI is InChI=1S/C20H22N2O6/c1-21(13-14-8-10-17(26-2)18(12-14)27-3)19(23)11-9-15-6-5-7-16(22(24)25)20(15)28-4/h5-12H,13H2,1-4H3. The Morgan fingerprint density at radius 3 is 2.43 bits per heavy atom. The molecule has 2 aromatic carbocycles. The number of rotatable bonds is 8. The molecule has 8 nitrogen and oxygen atoms in total. The number of ether oxygens (including phenoxy) is 3. The van der Waals surface area contributed by atoms with Crippen molar-refractivity contribution in [1.29, 1.82) is 0 Å².